The Kier molecular flexibility index (Phi) is 6.35. The molecule has 200 valence electrons. The van der Waals surface area contributed by atoms with Crippen molar-refractivity contribution in [3.63, 3.8) is 0 Å². The molecule has 3 aromatic heterocycles. The highest BCUT2D eigenvalue weighted by atomic mass is 16.6. The van der Waals surface area contributed by atoms with Gasteiger partial charge in [-0.2, -0.15) is 19.6 Å². The van der Waals surface area contributed by atoms with Crippen LogP contribution in [0, 0.1) is 10.1 Å². The third-order valence-corrected chi connectivity index (χ3v) is 7.39. The SMILES string of the molecule is CC(C)c1cnn2c(NCc3ccccc3-c3cc4cc([N+](=O)[O-])ccc4[nH]3)nc(N3CCC(N)CC3)nc12. The van der Waals surface area contributed by atoms with Crippen LogP contribution < -0.4 is 16.0 Å². The minimum atomic E-state index is -0.376. The fraction of sp³-hybridized carbons (Fsp3) is 0.321. The van der Waals surface area contributed by atoms with Gasteiger partial charge in [-0.3, -0.25) is 10.1 Å². The molecule has 1 fully saturated rings. The Balaban J connectivity index is 1.34. The first-order chi connectivity index (χ1) is 18.9. The topological polar surface area (TPSA) is 143 Å². The van der Waals surface area contributed by atoms with E-state index in [2.05, 4.69) is 40.2 Å². The van der Waals surface area contributed by atoms with Crippen molar-refractivity contribution in [2.75, 3.05) is 23.3 Å². The average Bonchev–Trinajstić information content (AvgIpc) is 3.56. The Morgan fingerprint density at radius 3 is 2.72 bits per heavy atom. The molecule has 4 heterocycles. The van der Waals surface area contributed by atoms with E-state index in [1.54, 1.807) is 16.6 Å². The van der Waals surface area contributed by atoms with Crippen LogP contribution in [0.4, 0.5) is 17.6 Å². The summed E-state index contributed by atoms with van der Waals surface area (Å²) in [6.45, 7) is 6.42. The van der Waals surface area contributed by atoms with Crippen molar-refractivity contribution in [3.05, 3.63) is 76.0 Å². The smallest absolute Gasteiger partial charge is 0.270 e. The summed E-state index contributed by atoms with van der Waals surface area (Å²) < 4.78 is 1.78. The molecule has 11 heteroatoms. The summed E-state index contributed by atoms with van der Waals surface area (Å²) in [4.78, 5) is 26.3. The number of nitrogens with two attached hydrogens (primary N) is 1. The third-order valence-electron chi connectivity index (χ3n) is 7.39. The van der Waals surface area contributed by atoms with Crippen molar-refractivity contribution >= 4 is 34.1 Å². The number of aromatic amines is 1. The molecule has 2 aromatic carbocycles. The summed E-state index contributed by atoms with van der Waals surface area (Å²) in [5, 5.41) is 20.1. The van der Waals surface area contributed by atoms with Crippen LogP contribution >= 0.6 is 0 Å². The molecule has 0 aliphatic carbocycles. The number of H-pyrrole nitrogens is 1. The Morgan fingerprint density at radius 2 is 1.95 bits per heavy atom. The summed E-state index contributed by atoms with van der Waals surface area (Å²) in [6.07, 6.45) is 3.69. The summed E-state index contributed by atoms with van der Waals surface area (Å²) in [7, 11) is 0. The predicted octanol–water partition coefficient (Wildman–Crippen LogP) is 4.84. The summed E-state index contributed by atoms with van der Waals surface area (Å²) in [5.41, 5.74) is 11.9. The van der Waals surface area contributed by atoms with Crippen LogP contribution in [0.2, 0.25) is 0 Å². The Bertz CT molecular complexity index is 1660. The van der Waals surface area contributed by atoms with Crippen molar-refractivity contribution in [1.29, 1.82) is 0 Å². The first kappa shape index (κ1) is 24.8. The third kappa shape index (κ3) is 4.76. The minimum absolute atomic E-state index is 0.0715. The number of benzene rings is 2. The molecule has 5 aromatic rings. The molecule has 0 bridgehead atoms. The lowest BCUT2D eigenvalue weighted by Crippen LogP contribution is -2.40. The Hall–Kier alpha value is -4.51. The molecular weight excluding hydrogens is 494 g/mol. The molecule has 39 heavy (non-hydrogen) atoms. The van der Waals surface area contributed by atoms with Gasteiger partial charge in [0.1, 0.15) is 0 Å². The normalized spacial score (nSPS) is 14.5. The number of nitrogens with one attached hydrogen (secondary N) is 2. The fourth-order valence-corrected chi connectivity index (χ4v) is 5.14. The van der Waals surface area contributed by atoms with E-state index in [1.165, 1.54) is 6.07 Å². The molecule has 0 amide bonds. The van der Waals surface area contributed by atoms with E-state index in [1.807, 2.05) is 30.5 Å². The summed E-state index contributed by atoms with van der Waals surface area (Å²) in [5.74, 6) is 1.58. The monoisotopic (exact) mass is 525 g/mol. The highest BCUT2D eigenvalue weighted by molar-refractivity contribution is 5.88. The van der Waals surface area contributed by atoms with Gasteiger partial charge in [0.15, 0.2) is 5.65 Å². The standard InChI is InChI=1S/C28H31N9O2/c1-17(2)23-16-31-36-26(23)33-28(35-11-9-20(29)10-12-35)34-27(36)30-15-18-5-3-4-6-22(18)25-14-19-13-21(37(38)39)7-8-24(19)32-25/h3-8,13-14,16-17,20,32H,9-12,15,29H2,1-2H3,(H,30,33,34). The second kappa shape index (κ2) is 9.99. The predicted molar refractivity (Wildman–Crippen MR) is 152 cm³/mol. The maximum absolute atomic E-state index is 11.2. The Labute approximate surface area is 225 Å². The highest BCUT2D eigenvalue weighted by Gasteiger charge is 2.22. The van der Waals surface area contributed by atoms with Gasteiger partial charge < -0.3 is 20.9 Å². The van der Waals surface area contributed by atoms with Gasteiger partial charge in [-0.25, -0.2) is 0 Å². The van der Waals surface area contributed by atoms with Crippen LogP contribution in [0.1, 0.15) is 43.7 Å². The lowest BCUT2D eigenvalue weighted by atomic mass is 10.0. The molecule has 6 rings (SSSR count). The molecule has 0 atom stereocenters. The van der Waals surface area contributed by atoms with Gasteiger partial charge >= 0.3 is 0 Å². The number of piperidine rings is 1. The first-order valence-electron chi connectivity index (χ1n) is 13.2. The quantitative estimate of drug-likeness (QED) is 0.202. The lowest BCUT2D eigenvalue weighted by molar-refractivity contribution is -0.384. The summed E-state index contributed by atoms with van der Waals surface area (Å²) >= 11 is 0. The van der Waals surface area contributed by atoms with Crippen molar-refractivity contribution in [1.82, 2.24) is 24.6 Å². The molecule has 1 aliphatic rings. The zero-order valence-electron chi connectivity index (χ0n) is 22.0. The van der Waals surface area contributed by atoms with Crippen LogP contribution in [-0.2, 0) is 6.54 Å². The van der Waals surface area contributed by atoms with Gasteiger partial charge in [0.25, 0.3) is 5.69 Å². The van der Waals surface area contributed by atoms with E-state index in [4.69, 9.17) is 15.7 Å². The van der Waals surface area contributed by atoms with Gasteiger partial charge in [-0.15, -0.1) is 0 Å². The number of fused-ring (bicyclic) bond motifs is 2. The first-order valence-corrected chi connectivity index (χ1v) is 13.2. The van der Waals surface area contributed by atoms with E-state index >= 15 is 0 Å². The minimum Gasteiger partial charge on any atom is -0.355 e. The van der Waals surface area contributed by atoms with Crippen LogP contribution in [0.25, 0.3) is 27.8 Å². The maximum Gasteiger partial charge on any atom is 0.270 e. The van der Waals surface area contributed by atoms with E-state index in [0.29, 0.717) is 18.4 Å². The number of hydrogen-bond acceptors (Lipinski definition) is 8. The largest absolute Gasteiger partial charge is 0.355 e. The molecule has 1 saturated heterocycles. The van der Waals surface area contributed by atoms with Gasteiger partial charge in [-0.05, 0) is 36.5 Å². The van der Waals surface area contributed by atoms with Gasteiger partial charge in [-0.1, -0.05) is 38.1 Å². The lowest BCUT2D eigenvalue weighted by Gasteiger charge is -2.30. The van der Waals surface area contributed by atoms with Crippen LogP contribution in [0.3, 0.4) is 0 Å². The fourth-order valence-electron chi connectivity index (χ4n) is 5.14. The van der Waals surface area contributed by atoms with Crippen molar-refractivity contribution < 1.29 is 4.92 Å². The van der Waals surface area contributed by atoms with Gasteiger partial charge in [0.2, 0.25) is 11.9 Å². The molecule has 4 N–H and O–H groups in total. The maximum atomic E-state index is 11.2. The zero-order valence-corrected chi connectivity index (χ0v) is 22.0. The van der Waals surface area contributed by atoms with Crippen LogP contribution in [-0.4, -0.2) is 48.6 Å². The van der Waals surface area contributed by atoms with Crippen molar-refractivity contribution in [2.45, 2.75) is 45.2 Å². The number of rotatable bonds is 7. The molecule has 1 aliphatic heterocycles. The van der Waals surface area contributed by atoms with E-state index in [-0.39, 0.29) is 22.6 Å². The number of aromatic nitrogens is 5. The second-order valence-electron chi connectivity index (χ2n) is 10.4. The number of anilines is 2. The number of nitrogens with zero attached hydrogens (tertiary/aromatic N) is 6. The number of hydrogen-bond donors (Lipinski definition) is 3. The highest BCUT2D eigenvalue weighted by Crippen LogP contribution is 2.30. The molecular formula is C28H31N9O2. The van der Waals surface area contributed by atoms with E-state index in [9.17, 15) is 10.1 Å². The molecule has 0 unspecified atom stereocenters. The second-order valence-corrected chi connectivity index (χ2v) is 10.4. The number of nitro benzene ring substituents is 1. The number of nitro groups is 1. The van der Waals surface area contributed by atoms with E-state index < -0.39 is 0 Å². The molecule has 0 saturated carbocycles. The van der Waals surface area contributed by atoms with Crippen LogP contribution in [0.5, 0.6) is 0 Å². The number of non-ortho nitro benzene ring substituents is 1. The average molecular weight is 526 g/mol. The molecule has 0 spiro atoms. The zero-order chi connectivity index (χ0) is 27.1. The Morgan fingerprint density at radius 1 is 1.15 bits per heavy atom. The van der Waals surface area contributed by atoms with E-state index in [0.717, 1.165) is 64.9 Å². The molecule has 11 nitrogen and oxygen atoms in total. The summed E-state index contributed by atoms with van der Waals surface area (Å²) in [6, 6.07) is 15.1. The van der Waals surface area contributed by atoms with Crippen LogP contribution in [0.15, 0.2) is 54.7 Å². The van der Waals surface area contributed by atoms with Crippen molar-refractivity contribution in [3.8, 4) is 11.3 Å². The van der Waals surface area contributed by atoms with Gasteiger partial charge in [0, 0.05) is 65.5 Å². The van der Waals surface area contributed by atoms with Gasteiger partial charge in [0.05, 0.1) is 11.1 Å². The van der Waals surface area contributed by atoms with Crippen molar-refractivity contribution in [2.24, 2.45) is 5.73 Å². The molecule has 0 radical (unpaired) electrons.